The van der Waals surface area contributed by atoms with E-state index in [0.717, 1.165) is 29.8 Å². The largest absolute Gasteiger partial charge is 0.352 e. The van der Waals surface area contributed by atoms with Crippen LogP contribution in [0.3, 0.4) is 0 Å². The molecule has 0 atom stereocenters. The maximum Gasteiger partial charge on any atom is 0.251 e. The minimum Gasteiger partial charge on any atom is -0.352 e. The fraction of sp³-hybridized carbons (Fsp3) is 0.320. The van der Waals surface area contributed by atoms with Crippen molar-refractivity contribution >= 4 is 5.91 Å². The van der Waals surface area contributed by atoms with Gasteiger partial charge in [-0.1, -0.05) is 18.3 Å². The van der Waals surface area contributed by atoms with Crippen molar-refractivity contribution < 1.29 is 4.79 Å². The van der Waals surface area contributed by atoms with Crippen LogP contribution in [0.15, 0.2) is 61.2 Å². The second-order valence-corrected chi connectivity index (χ2v) is 7.69. The molecule has 0 aliphatic carbocycles. The van der Waals surface area contributed by atoms with Crippen LogP contribution < -0.4 is 5.32 Å². The van der Waals surface area contributed by atoms with Gasteiger partial charge in [0, 0.05) is 42.5 Å². The van der Waals surface area contributed by atoms with Gasteiger partial charge in [0.15, 0.2) is 0 Å². The van der Waals surface area contributed by atoms with Gasteiger partial charge in [0.25, 0.3) is 5.91 Å². The molecule has 3 aromatic rings. The van der Waals surface area contributed by atoms with E-state index in [1.54, 1.807) is 23.3 Å². The Balaban J connectivity index is 1.45. The molecule has 0 bridgehead atoms. The van der Waals surface area contributed by atoms with Crippen molar-refractivity contribution in [3.63, 3.8) is 0 Å². The molecule has 0 radical (unpaired) electrons. The highest BCUT2D eigenvalue weighted by Crippen LogP contribution is 2.16. The van der Waals surface area contributed by atoms with Crippen LogP contribution in [-0.2, 0) is 0 Å². The van der Waals surface area contributed by atoms with Crippen LogP contribution in [0, 0.1) is 11.8 Å². The molecule has 1 fully saturated rings. The van der Waals surface area contributed by atoms with Gasteiger partial charge in [0.05, 0.1) is 11.3 Å². The van der Waals surface area contributed by atoms with E-state index < -0.39 is 0 Å². The standard InChI is InChI=1S/C25H27N5O/c31-25(27-13-5-17-29-15-2-1-3-16-29)23-10-11-24(30-18-6-14-28-30)22(19-23)9-8-21-7-4-12-26-20-21/h4,6-7,10-12,14,18-20H,1-3,5,13,15-17H2,(H,27,31). The summed E-state index contributed by atoms with van der Waals surface area (Å²) in [7, 11) is 0. The van der Waals surface area contributed by atoms with E-state index in [-0.39, 0.29) is 5.91 Å². The van der Waals surface area contributed by atoms with Gasteiger partial charge in [0.2, 0.25) is 0 Å². The average molecular weight is 414 g/mol. The van der Waals surface area contributed by atoms with E-state index in [2.05, 4.69) is 32.1 Å². The van der Waals surface area contributed by atoms with Crippen molar-refractivity contribution in [2.24, 2.45) is 0 Å². The molecule has 1 aromatic carbocycles. The molecular formula is C25H27N5O. The number of amides is 1. The number of piperidine rings is 1. The number of nitrogens with zero attached hydrogens (tertiary/aromatic N) is 4. The van der Waals surface area contributed by atoms with Gasteiger partial charge in [0.1, 0.15) is 0 Å². The van der Waals surface area contributed by atoms with Crippen LogP contribution in [0.5, 0.6) is 0 Å². The van der Waals surface area contributed by atoms with Gasteiger partial charge in [-0.2, -0.15) is 5.10 Å². The van der Waals surface area contributed by atoms with Crippen molar-refractivity contribution in [1.29, 1.82) is 0 Å². The van der Waals surface area contributed by atoms with Crippen molar-refractivity contribution in [3.8, 4) is 17.5 Å². The van der Waals surface area contributed by atoms with Gasteiger partial charge in [-0.15, -0.1) is 0 Å². The predicted molar refractivity (Wildman–Crippen MR) is 121 cm³/mol. The van der Waals surface area contributed by atoms with E-state index in [1.165, 1.54) is 32.4 Å². The van der Waals surface area contributed by atoms with Crippen molar-refractivity contribution in [2.45, 2.75) is 25.7 Å². The summed E-state index contributed by atoms with van der Waals surface area (Å²) in [4.78, 5) is 19.3. The zero-order valence-corrected chi connectivity index (χ0v) is 17.6. The molecule has 0 saturated carbocycles. The molecular weight excluding hydrogens is 386 g/mol. The predicted octanol–water partition coefficient (Wildman–Crippen LogP) is 3.27. The summed E-state index contributed by atoms with van der Waals surface area (Å²) in [6.07, 6.45) is 11.9. The summed E-state index contributed by atoms with van der Waals surface area (Å²) in [5.41, 5.74) is 3.00. The second-order valence-electron chi connectivity index (χ2n) is 7.69. The number of rotatable bonds is 6. The molecule has 3 heterocycles. The molecule has 0 spiro atoms. The summed E-state index contributed by atoms with van der Waals surface area (Å²) in [6.45, 7) is 4.08. The Morgan fingerprint density at radius 3 is 2.74 bits per heavy atom. The molecule has 1 saturated heterocycles. The van der Waals surface area contributed by atoms with Crippen molar-refractivity contribution in [2.75, 3.05) is 26.2 Å². The Kier molecular flexibility index (Phi) is 7.09. The summed E-state index contributed by atoms with van der Waals surface area (Å²) >= 11 is 0. The third-order valence-corrected chi connectivity index (χ3v) is 5.40. The number of carbonyl (C=O) groups is 1. The molecule has 6 nitrogen and oxygen atoms in total. The first kappa shape index (κ1) is 20.8. The number of pyridine rings is 1. The minimum absolute atomic E-state index is 0.0740. The van der Waals surface area contributed by atoms with E-state index in [1.807, 2.05) is 42.6 Å². The second kappa shape index (κ2) is 10.6. The van der Waals surface area contributed by atoms with Crippen molar-refractivity contribution in [3.05, 3.63) is 77.9 Å². The number of benzene rings is 1. The molecule has 158 valence electrons. The molecule has 4 rings (SSSR count). The Morgan fingerprint density at radius 2 is 1.97 bits per heavy atom. The fourth-order valence-electron chi connectivity index (χ4n) is 3.75. The lowest BCUT2D eigenvalue weighted by Crippen LogP contribution is -2.33. The van der Waals surface area contributed by atoms with Gasteiger partial charge in [-0.3, -0.25) is 9.78 Å². The van der Waals surface area contributed by atoms with E-state index in [4.69, 9.17) is 0 Å². The lowest BCUT2D eigenvalue weighted by Gasteiger charge is -2.26. The number of likely N-dealkylation sites (tertiary alicyclic amines) is 1. The van der Waals surface area contributed by atoms with Crippen LogP contribution in [0.25, 0.3) is 5.69 Å². The zero-order valence-electron chi connectivity index (χ0n) is 17.6. The van der Waals surface area contributed by atoms with Gasteiger partial charge in [-0.05, 0) is 75.3 Å². The van der Waals surface area contributed by atoms with Gasteiger partial charge < -0.3 is 10.2 Å². The minimum atomic E-state index is -0.0740. The molecule has 1 aliphatic heterocycles. The number of nitrogens with one attached hydrogen (secondary N) is 1. The Bertz CT molecular complexity index is 1040. The number of carbonyl (C=O) groups excluding carboxylic acids is 1. The topological polar surface area (TPSA) is 63.1 Å². The van der Waals surface area contributed by atoms with E-state index in [9.17, 15) is 4.79 Å². The maximum absolute atomic E-state index is 12.7. The van der Waals surface area contributed by atoms with Gasteiger partial charge >= 0.3 is 0 Å². The Morgan fingerprint density at radius 1 is 1.06 bits per heavy atom. The first-order valence-corrected chi connectivity index (χ1v) is 10.9. The lowest BCUT2D eigenvalue weighted by atomic mass is 10.1. The molecule has 1 N–H and O–H groups in total. The monoisotopic (exact) mass is 413 g/mol. The molecule has 1 amide bonds. The number of hydrogen-bond donors (Lipinski definition) is 1. The van der Waals surface area contributed by atoms with Crippen LogP contribution in [0.1, 0.15) is 47.2 Å². The van der Waals surface area contributed by atoms with Crippen LogP contribution in [-0.4, -0.2) is 51.8 Å². The third-order valence-electron chi connectivity index (χ3n) is 5.40. The Labute approximate surface area is 183 Å². The first-order chi connectivity index (χ1) is 15.3. The highest BCUT2D eigenvalue weighted by Gasteiger charge is 2.12. The highest BCUT2D eigenvalue weighted by atomic mass is 16.1. The average Bonchev–Trinajstić information content (AvgIpc) is 3.36. The molecule has 2 aromatic heterocycles. The maximum atomic E-state index is 12.7. The zero-order chi connectivity index (χ0) is 21.3. The summed E-state index contributed by atoms with van der Waals surface area (Å²) < 4.78 is 1.76. The van der Waals surface area contributed by atoms with Gasteiger partial charge in [-0.25, -0.2) is 4.68 Å². The summed E-state index contributed by atoms with van der Waals surface area (Å²) in [5.74, 6) is 6.24. The smallest absolute Gasteiger partial charge is 0.251 e. The quantitative estimate of drug-likeness (QED) is 0.498. The molecule has 31 heavy (non-hydrogen) atoms. The first-order valence-electron chi connectivity index (χ1n) is 10.9. The lowest BCUT2D eigenvalue weighted by molar-refractivity contribution is 0.0951. The van der Waals surface area contributed by atoms with Crippen LogP contribution >= 0.6 is 0 Å². The van der Waals surface area contributed by atoms with Crippen LogP contribution in [0.2, 0.25) is 0 Å². The molecule has 1 aliphatic rings. The number of hydrogen-bond acceptors (Lipinski definition) is 4. The van der Waals surface area contributed by atoms with Crippen molar-refractivity contribution in [1.82, 2.24) is 25.0 Å². The van der Waals surface area contributed by atoms with Crippen LogP contribution in [0.4, 0.5) is 0 Å². The SMILES string of the molecule is O=C(NCCCN1CCCCC1)c1ccc(-n2cccn2)c(C#Cc2cccnc2)c1. The molecule has 6 heteroatoms. The fourth-order valence-corrected chi connectivity index (χ4v) is 3.75. The Hall–Kier alpha value is -3.43. The molecule has 0 unspecified atom stereocenters. The summed E-state index contributed by atoms with van der Waals surface area (Å²) in [6, 6.07) is 11.2. The van der Waals surface area contributed by atoms with E-state index >= 15 is 0 Å². The third kappa shape index (κ3) is 5.80. The highest BCUT2D eigenvalue weighted by molar-refractivity contribution is 5.95. The number of aromatic nitrogens is 3. The summed E-state index contributed by atoms with van der Waals surface area (Å²) in [5, 5.41) is 7.36. The van der Waals surface area contributed by atoms with E-state index in [0.29, 0.717) is 12.1 Å². The normalized spacial score (nSPS) is 13.9.